The number of phenolic OH excluding ortho intramolecular Hbond substituents is 1. The van der Waals surface area contributed by atoms with Crippen LogP contribution in [0.15, 0.2) is 72.8 Å². The molecule has 0 spiro atoms. The fourth-order valence-corrected chi connectivity index (χ4v) is 6.80. The molecular formula is C41H48N2O. The van der Waals surface area contributed by atoms with Crippen LogP contribution < -0.4 is 0 Å². The lowest BCUT2D eigenvalue weighted by Crippen LogP contribution is -2.25. The number of phenols is 1. The van der Waals surface area contributed by atoms with Crippen LogP contribution in [-0.2, 0) is 16.2 Å². The zero-order valence-electron chi connectivity index (χ0n) is 28.5. The molecule has 3 nitrogen and oxygen atoms in total. The molecule has 0 atom stereocenters. The Morgan fingerprint density at radius 1 is 0.659 bits per heavy atom. The van der Waals surface area contributed by atoms with Gasteiger partial charge in [-0.3, -0.25) is 0 Å². The summed E-state index contributed by atoms with van der Waals surface area (Å²) in [4.78, 5) is 0. The van der Waals surface area contributed by atoms with Crippen LogP contribution in [0, 0.1) is 16.7 Å². The van der Waals surface area contributed by atoms with E-state index in [1.807, 2.05) is 18.2 Å². The Hall–Kier alpha value is -4.03. The lowest BCUT2D eigenvalue weighted by Gasteiger charge is -2.34. The lowest BCUT2D eigenvalue weighted by molar-refractivity contribution is 0.284. The molecule has 4 aromatic carbocycles. The molecule has 0 bridgehead atoms. The Morgan fingerprint density at radius 3 is 1.68 bits per heavy atom. The molecule has 0 unspecified atom stereocenters. The van der Waals surface area contributed by atoms with Gasteiger partial charge in [0.25, 0.3) is 0 Å². The van der Waals surface area contributed by atoms with Crippen molar-refractivity contribution >= 4 is 21.8 Å². The molecule has 228 valence electrons. The van der Waals surface area contributed by atoms with Crippen molar-refractivity contribution in [2.45, 2.75) is 98.8 Å². The summed E-state index contributed by atoms with van der Waals surface area (Å²) in [5.41, 5.74) is 8.71. The predicted molar refractivity (Wildman–Crippen MR) is 187 cm³/mol. The van der Waals surface area contributed by atoms with Crippen LogP contribution in [0.1, 0.15) is 105 Å². The Kier molecular flexibility index (Phi) is 7.53. The molecule has 0 radical (unpaired) electrons. The number of aromatic hydroxyl groups is 1. The fourth-order valence-electron chi connectivity index (χ4n) is 6.80. The first-order valence-electron chi connectivity index (χ1n) is 15.8. The molecule has 0 aliphatic carbocycles. The van der Waals surface area contributed by atoms with Crippen molar-refractivity contribution in [1.82, 2.24) is 4.57 Å². The molecule has 44 heavy (non-hydrogen) atoms. The predicted octanol–water partition coefficient (Wildman–Crippen LogP) is 11.3. The smallest absolute Gasteiger partial charge is 0.147 e. The molecule has 0 saturated heterocycles. The summed E-state index contributed by atoms with van der Waals surface area (Å²) in [7, 11) is 0. The Morgan fingerprint density at radius 2 is 1.20 bits per heavy atom. The van der Waals surface area contributed by atoms with Crippen molar-refractivity contribution in [3.63, 3.8) is 0 Å². The standard InChI is InChI=1S/C41H48N2O/c1-38(2,3)25-41(10,11)30-22-31(27-14-12-13-26(19-27)24-42)37(44)36(23-30)43-34-17-15-28(39(4,5)6)20-32(34)33-21-29(40(7,8)9)16-18-35(33)43/h12-23,44H,25H2,1-11H3. The second-order valence-corrected chi connectivity index (χ2v) is 16.5. The van der Waals surface area contributed by atoms with E-state index in [0.717, 1.165) is 39.8 Å². The molecule has 0 aliphatic heterocycles. The second kappa shape index (κ2) is 10.6. The number of nitriles is 1. The first-order chi connectivity index (χ1) is 20.3. The van der Waals surface area contributed by atoms with Gasteiger partial charge in [0.05, 0.1) is 28.4 Å². The van der Waals surface area contributed by atoms with Gasteiger partial charge in [-0.1, -0.05) is 100 Å². The molecular weight excluding hydrogens is 536 g/mol. The van der Waals surface area contributed by atoms with Crippen molar-refractivity contribution in [3.8, 4) is 28.6 Å². The van der Waals surface area contributed by atoms with Crippen LogP contribution in [0.3, 0.4) is 0 Å². The van der Waals surface area contributed by atoms with Gasteiger partial charge in [0, 0.05) is 16.3 Å². The van der Waals surface area contributed by atoms with E-state index < -0.39 is 0 Å². The average molecular weight is 585 g/mol. The summed E-state index contributed by atoms with van der Waals surface area (Å²) < 4.78 is 2.24. The largest absolute Gasteiger partial charge is 0.505 e. The number of hydrogen-bond acceptors (Lipinski definition) is 2. The van der Waals surface area contributed by atoms with Gasteiger partial charge in [-0.15, -0.1) is 0 Å². The highest BCUT2D eigenvalue weighted by Crippen LogP contribution is 2.46. The fraction of sp³-hybridized carbons (Fsp3) is 0.390. The van der Waals surface area contributed by atoms with E-state index in [1.54, 1.807) is 6.07 Å². The van der Waals surface area contributed by atoms with Crippen LogP contribution >= 0.6 is 0 Å². The second-order valence-electron chi connectivity index (χ2n) is 16.5. The van der Waals surface area contributed by atoms with Gasteiger partial charge in [0.2, 0.25) is 0 Å². The van der Waals surface area contributed by atoms with E-state index in [1.165, 1.54) is 21.9 Å². The Bertz CT molecular complexity index is 1850. The summed E-state index contributed by atoms with van der Waals surface area (Å²) in [6.45, 7) is 24.9. The number of rotatable bonds is 4. The van der Waals surface area contributed by atoms with Gasteiger partial charge in [-0.05, 0) is 98.9 Å². The topological polar surface area (TPSA) is 48.9 Å². The Balaban J connectivity index is 1.92. The SMILES string of the molecule is CC(C)(C)CC(C)(C)c1cc(-c2cccc(C#N)c2)c(O)c(-n2c3ccc(C(C)(C)C)cc3c3cc(C(C)(C)C)ccc32)c1. The third-order valence-electron chi connectivity index (χ3n) is 8.88. The molecule has 5 rings (SSSR count). The van der Waals surface area contributed by atoms with Gasteiger partial charge in [-0.2, -0.15) is 5.26 Å². The van der Waals surface area contributed by atoms with Gasteiger partial charge in [-0.25, -0.2) is 0 Å². The molecule has 5 aromatic rings. The molecule has 1 aromatic heterocycles. The monoisotopic (exact) mass is 584 g/mol. The van der Waals surface area contributed by atoms with E-state index >= 15 is 0 Å². The van der Waals surface area contributed by atoms with E-state index in [2.05, 4.69) is 135 Å². The van der Waals surface area contributed by atoms with E-state index in [4.69, 9.17) is 0 Å². The summed E-state index contributed by atoms with van der Waals surface area (Å²) in [5, 5.41) is 24.2. The van der Waals surface area contributed by atoms with E-state index in [9.17, 15) is 10.4 Å². The maximum absolute atomic E-state index is 12.2. The zero-order chi connectivity index (χ0) is 32.4. The molecule has 0 saturated carbocycles. The molecule has 3 heteroatoms. The minimum Gasteiger partial charge on any atom is -0.505 e. The first kappa shape index (κ1) is 31.4. The first-order valence-corrected chi connectivity index (χ1v) is 15.8. The minimum absolute atomic E-state index is 0.00220. The van der Waals surface area contributed by atoms with Crippen molar-refractivity contribution in [3.05, 3.63) is 95.1 Å². The summed E-state index contributed by atoms with van der Waals surface area (Å²) in [6.07, 6.45) is 0.971. The summed E-state index contributed by atoms with van der Waals surface area (Å²) in [6, 6.07) is 27.7. The molecule has 1 heterocycles. The highest BCUT2D eigenvalue weighted by Gasteiger charge is 2.30. The summed E-state index contributed by atoms with van der Waals surface area (Å²) >= 11 is 0. The average Bonchev–Trinajstić information content (AvgIpc) is 3.24. The third-order valence-corrected chi connectivity index (χ3v) is 8.88. The molecule has 1 N–H and O–H groups in total. The van der Waals surface area contributed by atoms with Crippen LogP contribution in [0.25, 0.3) is 38.6 Å². The quantitative estimate of drug-likeness (QED) is 0.228. The minimum atomic E-state index is -0.167. The van der Waals surface area contributed by atoms with Crippen molar-refractivity contribution in [1.29, 1.82) is 5.26 Å². The normalized spacial score (nSPS) is 13.0. The number of hydrogen-bond donors (Lipinski definition) is 1. The third kappa shape index (κ3) is 5.88. The highest BCUT2D eigenvalue weighted by atomic mass is 16.3. The van der Waals surface area contributed by atoms with Gasteiger partial charge in [0.1, 0.15) is 5.75 Å². The van der Waals surface area contributed by atoms with Crippen LogP contribution in [0.5, 0.6) is 5.75 Å². The lowest BCUT2D eigenvalue weighted by atomic mass is 9.71. The summed E-state index contributed by atoms with van der Waals surface area (Å²) in [5.74, 6) is 0.217. The number of benzene rings is 4. The number of nitrogens with zero attached hydrogens (tertiary/aromatic N) is 2. The number of fused-ring (bicyclic) bond motifs is 3. The van der Waals surface area contributed by atoms with Crippen LogP contribution in [0.4, 0.5) is 0 Å². The Labute approximate surface area is 264 Å². The van der Waals surface area contributed by atoms with Gasteiger partial charge in [0.15, 0.2) is 0 Å². The van der Waals surface area contributed by atoms with Crippen LogP contribution in [0.2, 0.25) is 0 Å². The van der Waals surface area contributed by atoms with E-state index in [-0.39, 0.29) is 27.4 Å². The number of aromatic nitrogens is 1. The molecule has 0 fully saturated rings. The molecule has 0 aliphatic rings. The zero-order valence-corrected chi connectivity index (χ0v) is 28.5. The van der Waals surface area contributed by atoms with Crippen molar-refractivity contribution in [2.24, 2.45) is 5.41 Å². The van der Waals surface area contributed by atoms with Crippen LogP contribution in [-0.4, -0.2) is 9.67 Å². The highest BCUT2D eigenvalue weighted by molar-refractivity contribution is 6.10. The molecule has 0 amide bonds. The van der Waals surface area contributed by atoms with Gasteiger partial charge < -0.3 is 9.67 Å². The van der Waals surface area contributed by atoms with E-state index in [0.29, 0.717) is 5.56 Å². The maximum atomic E-state index is 12.2. The maximum Gasteiger partial charge on any atom is 0.147 e. The van der Waals surface area contributed by atoms with Gasteiger partial charge >= 0.3 is 0 Å². The van der Waals surface area contributed by atoms with Crippen molar-refractivity contribution in [2.75, 3.05) is 0 Å². The van der Waals surface area contributed by atoms with Crippen molar-refractivity contribution < 1.29 is 5.11 Å².